The van der Waals surface area contributed by atoms with E-state index < -0.39 is 0 Å². The van der Waals surface area contributed by atoms with Crippen molar-refractivity contribution in [3.05, 3.63) is 24.0 Å². The van der Waals surface area contributed by atoms with Crippen LogP contribution in [0.3, 0.4) is 0 Å². The lowest BCUT2D eigenvalue weighted by molar-refractivity contribution is 0.0499. The molecular formula is C9H12N2O2. The van der Waals surface area contributed by atoms with Crippen LogP contribution < -0.4 is 0 Å². The molecule has 0 atom stereocenters. The van der Waals surface area contributed by atoms with Gasteiger partial charge in [0.05, 0.1) is 24.6 Å². The Morgan fingerprint density at radius 1 is 1.54 bits per heavy atom. The van der Waals surface area contributed by atoms with Gasteiger partial charge >= 0.3 is 5.97 Å². The highest BCUT2D eigenvalue weighted by molar-refractivity contribution is 5.88. The molecular weight excluding hydrogens is 168 g/mol. The van der Waals surface area contributed by atoms with Gasteiger partial charge < -0.3 is 4.74 Å². The van der Waals surface area contributed by atoms with E-state index in [-0.39, 0.29) is 5.97 Å². The summed E-state index contributed by atoms with van der Waals surface area (Å²) in [5.74, 6) is -0.330. The van der Waals surface area contributed by atoms with E-state index in [0.717, 1.165) is 12.8 Å². The third-order valence-electron chi connectivity index (χ3n) is 1.55. The molecule has 0 saturated heterocycles. The van der Waals surface area contributed by atoms with Crippen molar-refractivity contribution in [2.24, 2.45) is 0 Å². The smallest absolute Gasteiger partial charge is 0.339 e. The molecule has 0 aliphatic rings. The Morgan fingerprint density at radius 2 is 2.38 bits per heavy atom. The first-order valence-electron chi connectivity index (χ1n) is 4.28. The standard InChI is InChI=1S/C9H12N2O2/c1-2-3-6-13-9(12)8-4-5-10-11-7-8/h4-5,7H,2-3,6H2,1H3. The van der Waals surface area contributed by atoms with Gasteiger partial charge in [0.1, 0.15) is 0 Å². The first-order chi connectivity index (χ1) is 6.34. The molecule has 70 valence electrons. The van der Waals surface area contributed by atoms with Crippen LogP contribution in [0.1, 0.15) is 30.1 Å². The van der Waals surface area contributed by atoms with Gasteiger partial charge in [-0.15, -0.1) is 0 Å². The quantitative estimate of drug-likeness (QED) is 0.519. The Morgan fingerprint density at radius 3 is 3.00 bits per heavy atom. The fourth-order valence-electron chi connectivity index (χ4n) is 0.804. The van der Waals surface area contributed by atoms with E-state index in [4.69, 9.17) is 4.74 Å². The van der Waals surface area contributed by atoms with Crippen LogP contribution in [0.25, 0.3) is 0 Å². The highest BCUT2D eigenvalue weighted by atomic mass is 16.5. The van der Waals surface area contributed by atoms with Gasteiger partial charge in [-0.2, -0.15) is 10.2 Å². The van der Waals surface area contributed by atoms with E-state index in [9.17, 15) is 4.79 Å². The molecule has 0 bridgehead atoms. The second-order valence-electron chi connectivity index (χ2n) is 2.62. The predicted octanol–water partition coefficient (Wildman–Crippen LogP) is 1.43. The monoisotopic (exact) mass is 180 g/mol. The van der Waals surface area contributed by atoms with Gasteiger partial charge in [0.25, 0.3) is 0 Å². The molecule has 4 nitrogen and oxygen atoms in total. The average molecular weight is 180 g/mol. The molecule has 4 heteroatoms. The Balaban J connectivity index is 2.40. The molecule has 0 fully saturated rings. The van der Waals surface area contributed by atoms with Crippen LogP contribution in [0.4, 0.5) is 0 Å². The molecule has 0 N–H and O–H groups in total. The summed E-state index contributed by atoms with van der Waals surface area (Å²) in [6.07, 6.45) is 4.77. The van der Waals surface area contributed by atoms with Crippen LogP contribution in [0.5, 0.6) is 0 Å². The second kappa shape index (κ2) is 5.24. The van der Waals surface area contributed by atoms with Gasteiger partial charge in [0.15, 0.2) is 0 Å². The molecule has 0 amide bonds. The van der Waals surface area contributed by atoms with Gasteiger partial charge in [-0.25, -0.2) is 4.79 Å². The Bertz CT molecular complexity index is 262. The maximum atomic E-state index is 11.2. The van der Waals surface area contributed by atoms with Crippen LogP contribution in [0.2, 0.25) is 0 Å². The zero-order chi connectivity index (χ0) is 9.52. The van der Waals surface area contributed by atoms with Crippen molar-refractivity contribution in [3.8, 4) is 0 Å². The lowest BCUT2D eigenvalue weighted by Gasteiger charge is -2.01. The maximum absolute atomic E-state index is 11.2. The highest BCUT2D eigenvalue weighted by Crippen LogP contribution is 1.98. The van der Waals surface area contributed by atoms with E-state index in [1.165, 1.54) is 12.4 Å². The zero-order valence-corrected chi connectivity index (χ0v) is 7.56. The van der Waals surface area contributed by atoms with E-state index in [1.54, 1.807) is 6.07 Å². The van der Waals surface area contributed by atoms with Crippen LogP contribution in [0.15, 0.2) is 18.5 Å². The van der Waals surface area contributed by atoms with Gasteiger partial charge in [0, 0.05) is 0 Å². The number of hydrogen-bond acceptors (Lipinski definition) is 4. The van der Waals surface area contributed by atoms with E-state index in [0.29, 0.717) is 12.2 Å². The van der Waals surface area contributed by atoms with E-state index >= 15 is 0 Å². The fourth-order valence-corrected chi connectivity index (χ4v) is 0.804. The third kappa shape index (κ3) is 3.19. The molecule has 1 aromatic heterocycles. The van der Waals surface area contributed by atoms with Crippen LogP contribution >= 0.6 is 0 Å². The topological polar surface area (TPSA) is 52.1 Å². The Labute approximate surface area is 76.9 Å². The van der Waals surface area contributed by atoms with Crippen molar-refractivity contribution in [1.82, 2.24) is 10.2 Å². The second-order valence-corrected chi connectivity index (χ2v) is 2.62. The molecule has 1 rings (SSSR count). The third-order valence-corrected chi connectivity index (χ3v) is 1.55. The normalized spacial score (nSPS) is 9.62. The molecule has 1 aromatic rings. The predicted molar refractivity (Wildman–Crippen MR) is 47.2 cm³/mol. The summed E-state index contributed by atoms with van der Waals surface area (Å²) in [6, 6.07) is 1.58. The number of nitrogens with zero attached hydrogens (tertiary/aromatic N) is 2. The van der Waals surface area contributed by atoms with Gasteiger partial charge in [-0.3, -0.25) is 0 Å². The summed E-state index contributed by atoms with van der Waals surface area (Å²) >= 11 is 0. The summed E-state index contributed by atoms with van der Waals surface area (Å²) in [6.45, 7) is 2.51. The lowest BCUT2D eigenvalue weighted by atomic mass is 10.3. The Hall–Kier alpha value is -1.45. The summed E-state index contributed by atoms with van der Waals surface area (Å²) in [7, 11) is 0. The van der Waals surface area contributed by atoms with Crippen LogP contribution in [-0.4, -0.2) is 22.8 Å². The molecule has 13 heavy (non-hydrogen) atoms. The molecule has 0 unspecified atom stereocenters. The van der Waals surface area contributed by atoms with Crippen molar-refractivity contribution < 1.29 is 9.53 Å². The molecule has 0 aliphatic heterocycles. The van der Waals surface area contributed by atoms with Crippen LogP contribution in [-0.2, 0) is 4.74 Å². The minimum atomic E-state index is -0.330. The molecule has 0 aliphatic carbocycles. The summed E-state index contributed by atoms with van der Waals surface area (Å²) in [5, 5.41) is 7.15. The number of aromatic nitrogens is 2. The van der Waals surface area contributed by atoms with Crippen molar-refractivity contribution in [2.75, 3.05) is 6.61 Å². The van der Waals surface area contributed by atoms with E-state index in [1.807, 2.05) is 6.92 Å². The SMILES string of the molecule is CCCCOC(=O)c1ccnnc1. The van der Waals surface area contributed by atoms with Gasteiger partial charge in [-0.1, -0.05) is 13.3 Å². The number of rotatable bonds is 4. The fraction of sp³-hybridized carbons (Fsp3) is 0.444. The van der Waals surface area contributed by atoms with Gasteiger partial charge in [0.2, 0.25) is 0 Å². The van der Waals surface area contributed by atoms with Crippen molar-refractivity contribution in [1.29, 1.82) is 0 Å². The molecule has 0 saturated carbocycles. The molecule has 0 aromatic carbocycles. The zero-order valence-electron chi connectivity index (χ0n) is 7.56. The lowest BCUT2D eigenvalue weighted by Crippen LogP contribution is -2.06. The van der Waals surface area contributed by atoms with Crippen molar-refractivity contribution >= 4 is 5.97 Å². The molecule has 0 spiro atoms. The average Bonchev–Trinajstić information content (AvgIpc) is 2.19. The first-order valence-corrected chi connectivity index (χ1v) is 4.28. The number of esters is 1. The Kier molecular flexibility index (Phi) is 3.88. The minimum Gasteiger partial charge on any atom is -0.462 e. The summed E-state index contributed by atoms with van der Waals surface area (Å²) in [5.41, 5.74) is 0.450. The molecule has 0 radical (unpaired) electrons. The van der Waals surface area contributed by atoms with Crippen molar-refractivity contribution in [3.63, 3.8) is 0 Å². The van der Waals surface area contributed by atoms with Crippen molar-refractivity contribution in [2.45, 2.75) is 19.8 Å². The number of ether oxygens (including phenoxy) is 1. The van der Waals surface area contributed by atoms with Crippen LogP contribution in [0, 0.1) is 0 Å². The minimum absolute atomic E-state index is 0.330. The maximum Gasteiger partial charge on any atom is 0.339 e. The largest absolute Gasteiger partial charge is 0.462 e. The number of unbranched alkanes of at least 4 members (excludes halogenated alkanes) is 1. The first kappa shape index (κ1) is 9.64. The number of carbonyl (C=O) groups excluding carboxylic acids is 1. The molecule has 1 heterocycles. The van der Waals surface area contributed by atoms with Gasteiger partial charge in [-0.05, 0) is 12.5 Å². The summed E-state index contributed by atoms with van der Waals surface area (Å²) in [4.78, 5) is 11.2. The number of hydrogen-bond donors (Lipinski definition) is 0. The summed E-state index contributed by atoms with van der Waals surface area (Å²) < 4.78 is 4.96. The number of carbonyl (C=O) groups is 1. The van der Waals surface area contributed by atoms with E-state index in [2.05, 4.69) is 10.2 Å². The highest BCUT2D eigenvalue weighted by Gasteiger charge is 2.05.